The maximum atomic E-state index is 10.4. The van der Waals surface area contributed by atoms with Gasteiger partial charge in [0, 0.05) is 6.42 Å². The van der Waals surface area contributed by atoms with E-state index in [2.05, 4.69) is 0 Å². The normalized spacial score (nSPS) is 12.1. The van der Waals surface area contributed by atoms with Crippen molar-refractivity contribution in [3.8, 4) is 6.07 Å². The van der Waals surface area contributed by atoms with Crippen molar-refractivity contribution in [1.29, 1.82) is 5.26 Å². The molecule has 1 unspecified atom stereocenters. The third-order valence-electron chi connectivity index (χ3n) is 1.09. The molecule has 3 nitrogen and oxygen atoms in total. The van der Waals surface area contributed by atoms with Crippen LogP contribution in [0.2, 0.25) is 0 Å². The highest BCUT2D eigenvalue weighted by Gasteiger charge is 2.05. The lowest BCUT2D eigenvalue weighted by molar-refractivity contribution is -0.118. The van der Waals surface area contributed by atoms with Gasteiger partial charge in [-0.1, -0.05) is 0 Å². The van der Waals surface area contributed by atoms with E-state index in [0.29, 0.717) is 12.8 Å². The van der Waals surface area contributed by atoms with Gasteiger partial charge >= 0.3 is 0 Å². The summed E-state index contributed by atoms with van der Waals surface area (Å²) in [7, 11) is 0. The first-order valence-electron chi connectivity index (χ1n) is 2.81. The summed E-state index contributed by atoms with van der Waals surface area (Å²) in [6, 6.07) is 1.48. The Morgan fingerprint density at radius 2 is 2.44 bits per heavy atom. The Morgan fingerprint density at radius 1 is 1.89 bits per heavy atom. The number of hydrogen-bond acceptors (Lipinski definition) is 3. The van der Waals surface area contributed by atoms with E-state index in [1.807, 2.05) is 6.07 Å². The van der Waals surface area contributed by atoms with E-state index in [9.17, 15) is 4.79 Å². The molecule has 0 rings (SSSR count). The first-order valence-corrected chi connectivity index (χ1v) is 2.81. The van der Waals surface area contributed by atoms with E-state index in [0.717, 1.165) is 0 Å². The molecule has 3 heteroatoms. The highest BCUT2D eigenvalue weighted by Crippen LogP contribution is 1.92. The Hall–Kier alpha value is -0.880. The van der Waals surface area contributed by atoms with Crippen molar-refractivity contribution in [2.24, 2.45) is 5.73 Å². The predicted octanol–water partition coefficient (Wildman–Crippen LogP) is 0.206. The molecule has 2 N–H and O–H groups in total. The van der Waals surface area contributed by atoms with Crippen LogP contribution in [0, 0.1) is 11.3 Å². The fourth-order valence-electron chi connectivity index (χ4n) is 0.423. The van der Waals surface area contributed by atoms with Gasteiger partial charge in [0.15, 0.2) is 0 Å². The van der Waals surface area contributed by atoms with Crippen LogP contribution in [-0.2, 0) is 4.79 Å². The minimum absolute atomic E-state index is 0.0507. The maximum Gasteiger partial charge on any atom is 0.146 e. The van der Waals surface area contributed by atoms with Gasteiger partial charge in [-0.15, -0.1) is 0 Å². The molecule has 0 aromatic rings. The Morgan fingerprint density at radius 3 is 2.78 bits per heavy atom. The molecule has 9 heavy (non-hydrogen) atoms. The van der Waals surface area contributed by atoms with E-state index in [-0.39, 0.29) is 5.78 Å². The zero-order valence-corrected chi connectivity index (χ0v) is 5.42. The highest BCUT2D eigenvalue weighted by molar-refractivity contribution is 5.81. The summed E-state index contributed by atoms with van der Waals surface area (Å²) in [6.45, 7) is 1.43. The molecule has 0 aliphatic heterocycles. The smallest absolute Gasteiger partial charge is 0.146 e. The highest BCUT2D eigenvalue weighted by atomic mass is 16.1. The Kier molecular flexibility index (Phi) is 3.65. The van der Waals surface area contributed by atoms with Gasteiger partial charge in [-0.05, 0) is 13.3 Å². The summed E-state index contributed by atoms with van der Waals surface area (Å²) in [4.78, 5) is 10.4. The number of carbonyl (C=O) groups is 1. The topological polar surface area (TPSA) is 66.9 Å². The van der Waals surface area contributed by atoms with Crippen molar-refractivity contribution < 1.29 is 4.79 Å². The molecule has 0 aliphatic rings. The quantitative estimate of drug-likeness (QED) is 0.587. The van der Waals surface area contributed by atoms with E-state index in [1.54, 1.807) is 0 Å². The summed E-state index contributed by atoms with van der Waals surface area (Å²) in [5.41, 5.74) is 5.30. The molecule has 0 amide bonds. The fourth-order valence-corrected chi connectivity index (χ4v) is 0.423. The number of rotatable bonds is 3. The number of ketones is 1. The molecule has 0 spiro atoms. The Bertz CT molecular complexity index is 136. The van der Waals surface area contributed by atoms with Crippen molar-refractivity contribution in [3.63, 3.8) is 0 Å². The van der Waals surface area contributed by atoms with Gasteiger partial charge in [0.25, 0.3) is 0 Å². The van der Waals surface area contributed by atoms with Crippen LogP contribution in [-0.4, -0.2) is 11.8 Å². The second kappa shape index (κ2) is 4.04. The molecule has 0 aromatic heterocycles. The van der Waals surface area contributed by atoms with E-state index in [4.69, 9.17) is 11.0 Å². The molecular weight excluding hydrogens is 116 g/mol. The molecule has 0 saturated carbocycles. The van der Waals surface area contributed by atoms with Crippen LogP contribution >= 0.6 is 0 Å². The van der Waals surface area contributed by atoms with Gasteiger partial charge in [-0.25, -0.2) is 0 Å². The molecule has 0 aliphatic carbocycles. The van der Waals surface area contributed by atoms with Crippen LogP contribution in [0.1, 0.15) is 19.8 Å². The van der Waals surface area contributed by atoms with Crippen LogP contribution in [0.5, 0.6) is 0 Å². The summed E-state index contributed by atoms with van der Waals surface area (Å²) in [5, 5.41) is 8.08. The molecule has 0 heterocycles. The van der Waals surface area contributed by atoms with Gasteiger partial charge in [0.2, 0.25) is 0 Å². The van der Waals surface area contributed by atoms with Crippen molar-refractivity contribution in [2.45, 2.75) is 25.8 Å². The van der Waals surface area contributed by atoms with Crippen LogP contribution in [0.15, 0.2) is 0 Å². The number of hydrogen-bond donors (Lipinski definition) is 1. The summed E-state index contributed by atoms with van der Waals surface area (Å²) in [6.07, 6.45) is 0.840. The number of Topliss-reactive ketones (excluding diaryl/α,β-unsaturated/α-hetero) is 1. The molecule has 0 radical (unpaired) electrons. The van der Waals surface area contributed by atoms with Crippen LogP contribution in [0.3, 0.4) is 0 Å². The SMILES string of the molecule is CC(=O)C(N)CCC#N. The number of nitriles is 1. The van der Waals surface area contributed by atoms with Gasteiger partial charge in [0.1, 0.15) is 5.78 Å². The van der Waals surface area contributed by atoms with Crippen LogP contribution in [0.4, 0.5) is 0 Å². The van der Waals surface area contributed by atoms with Gasteiger partial charge < -0.3 is 5.73 Å². The van der Waals surface area contributed by atoms with E-state index in [1.165, 1.54) is 6.92 Å². The van der Waals surface area contributed by atoms with Gasteiger partial charge in [-0.3, -0.25) is 4.79 Å². The third-order valence-corrected chi connectivity index (χ3v) is 1.09. The predicted molar refractivity (Wildman–Crippen MR) is 33.5 cm³/mol. The van der Waals surface area contributed by atoms with Crippen molar-refractivity contribution in [2.75, 3.05) is 0 Å². The fraction of sp³-hybridized carbons (Fsp3) is 0.667. The molecule has 0 aromatic carbocycles. The lowest BCUT2D eigenvalue weighted by Gasteiger charge is -2.01. The lowest BCUT2D eigenvalue weighted by atomic mass is 10.1. The van der Waals surface area contributed by atoms with Gasteiger partial charge in [0.05, 0.1) is 12.1 Å². The van der Waals surface area contributed by atoms with E-state index >= 15 is 0 Å². The Balaban J connectivity index is 3.41. The van der Waals surface area contributed by atoms with Gasteiger partial charge in [-0.2, -0.15) is 5.26 Å². The zero-order valence-electron chi connectivity index (χ0n) is 5.42. The molecule has 0 fully saturated rings. The van der Waals surface area contributed by atoms with Crippen LogP contribution < -0.4 is 5.73 Å². The first-order chi connectivity index (χ1) is 4.18. The average Bonchev–Trinajstić information content (AvgIpc) is 1.82. The maximum absolute atomic E-state index is 10.4. The average molecular weight is 126 g/mol. The second-order valence-electron chi connectivity index (χ2n) is 1.91. The van der Waals surface area contributed by atoms with E-state index < -0.39 is 6.04 Å². The zero-order chi connectivity index (χ0) is 7.28. The van der Waals surface area contributed by atoms with Crippen molar-refractivity contribution in [1.82, 2.24) is 0 Å². The summed E-state index contributed by atoms with van der Waals surface area (Å²) >= 11 is 0. The number of nitrogens with two attached hydrogens (primary N) is 1. The second-order valence-corrected chi connectivity index (χ2v) is 1.91. The first kappa shape index (κ1) is 8.12. The minimum atomic E-state index is -0.440. The standard InChI is InChI=1S/C6H10N2O/c1-5(9)6(8)3-2-4-7/h6H,2-3,8H2,1H3. The molecule has 1 atom stereocenters. The lowest BCUT2D eigenvalue weighted by Crippen LogP contribution is -2.27. The Labute approximate surface area is 54.5 Å². The number of nitrogens with zero attached hydrogens (tertiary/aromatic N) is 1. The monoisotopic (exact) mass is 126 g/mol. The molecule has 50 valence electrons. The summed E-state index contributed by atoms with van der Waals surface area (Å²) < 4.78 is 0. The summed E-state index contributed by atoms with van der Waals surface area (Å²) in [5.74, 6) is -0.0507. The molecule has 0 bridgehead atoms. The van der Waals surface area contributed by atoms with Crippen LogP contribution in [0.25, 0.3) is 0 Å². The third kappa shape index (κ3) is 3.68. The minimum Gasteiger partial charge on any atom is -0.321 e. The number of carbonyl (C=O) groups excluding carboxylic acids is 1. The van der Waals surface area contributed by atoms with Crippen molar-refractivity contribution in [3.05, 3.63) is 0 Å². The van der Waals surface area contributed by atoms with Crippen molar-refractivity contribution >= 4 is 5.78 Å². The largest absolute Gasteiger partial charge is 0.321 e. The molecule has 0 saturated heterocycles. The molecular formula is C6H10N2O.